The van der Waals surface area contributed by atoms with Crippen molar-refractivity contribution in [2.45, 2.75) is 26.1 Å². The third-order valence-corrected chi connectivity index (χ3v) is 2.09. The van der Waals surface area contributed by atoms with E-state index in [0.29, 0.717) is 19.2 Å². The number of nitrogens with zero attached hydrogens (tertiary/aromatic N) is 2. The predicted molar refractivity (Wildman–Crippen MR) is 57.5 cm³/mol. The summed E-state index contributed by atoms with van der Waals surface area (Å²) in [6, 6.07) is 0.330. The van der Waals surface area contributed by atoms with Gasteiger partial charge in [-0.05, 0) is 6.92 Å². The Hall–Kier alpha value is -0.910. The van der Waals surface area contributed by atoms with Crippen LogP contribution in [-0.4, -0.2) is 41.3 Å². The van der Waals surface area contributed by atoms with Crippen LogP contribution >= 0.6 is 0 Å². The standard InChI is InChI=1S/C10H19N3O2/c1-9(8-15-2)11-5-10-6-12-13(7-10)3-4-14/h6-7,9,11,14H,3-5,8H2,1-2H3. The van der Waals surface area contributed by atoms with E-state index in [0.717, 1.165) is 12.1 Å². The summed E-state index contributed by atoms with van der Waals surface area (Å²) in [6.07, 6.45) is 3.74. The Morgan fingerprint density at radius 3 is 3.13 bits per heavy atom. The zero-order chi connectivity index (χ0) is 11.1. The van der Waals surface area contributed by atoms with Crippen LogP contribution in [0.3, 0.4) is 0 Å². The summed E-state index contributed by atoms with van der Waals surface area (Å²) in [5.41, 5.74) is 1.12. The van der Waals surface area contributed by atoms with Crippen LogP contribution < -0.4 is 5.32 Å². The highest BCUT2D eigenvalue weighted by Crippen LogP contribution is 1.97. The van der Waals surface area contributed by atoms with E-state index in [1.165, 1.54) is 0 Å². The van der Waals surface area contributed by atoms with Crippen molar-refractivity contribution in [3.63, 3.8) is 0 Å². The molecule has 5 heteroatoms. The molecule has 0 saturated carbocycles. The van der Waals surface area contributed by atoms with E-state index in [1.54, 1.807) is 11.8 Å². The largest absolute Gasteiger partial charge is 0.394 e. The molecule has 0 radical (unpaired) electrons. The Bertz CT molecular complexity index is 275. The number of hydrogen-bond donors (Lipinski definition) is 2. The molecular formula is C10H19N3O2. The number of methoxy groups -OCH3 is 1. The number of hydrogen-bond acceptors (Lipinski definition) is 4. The van der Waals surface area contributed by atoms with Crippen LogP contribution in [0.1, 0.15) is 12.5 Å². The van der Waals surface area contributed by atoms with E-state index < -0.39 is 0 Å². The lowest BCUT2D eigenvalue weighted by Gasteiger charge is -2.11. The molecule has 1 unspecified atom stereocenters. The Morgan fingerprint density at radius 1 is 1.67 bits per heavy atom. The summed E-state index contributed by atoms with van der Waals surface area (Å²) in [4.78, 5) is 0. The average Bonchev–Trinajstić information content (AvgIpc) is 2.64. The van der Waals surface area contributed by atoms with Gasteiger partial charge in [0, 0.05) is 31.5 Å². The van der Waals surface area contributed by atoms with E-state index in [2.05, 4.69) is 17.3 Å². The fourth-order valence-electron chi connectivity index (χ4n) is 1.32. The number of aromatic nitrogens is 2. The van der Waals surface area contributed by atoms with E-state index >= 15 is 0 Å². The van der Waals surface area contributed by atoms with Gasteiger partial charge in [0.15, 0.2) is 0 Å². The van der Waals surface area contributed by atoms with Crippen molar-refractivity contribution in [2.75, 3.05) is 20.3 Å². The van der Waals surface area contributed by atoms with Crippen LogP contribution in [0.25, 0.3) is 0 Å². The molecule has 0 aliphatic carbocycles. The van der Waals surface area contributed by atoms with Crippen LogP contribution in [0.5, 0.6) is 0 Å². The maximum absolute atomic E-state index is 8.72. The summed E-state index contributed by atoms with van der Waals surface area (Å²) in [5, 5.41) is 16.2. The molecule has 1 aromatic rings. The highest BCUT2D eigenvalue weighted by atomic mass is 16.5. The van der Waals surface area contributed by atoms with Gasteiger partial charge in [-0.3, -0.25) is 4.68 Å². The highest BCUT2D eigenvalue weighted by molar-refractivity contribution is 5.03. The van der Waals surface area contributed by atoms with Gasteiger partial charge in [-0.15, -0.1) is 0 Å². The second-order valence-corrected chi connectivity index (χ2v) is 3.57. The van der Waals surface area contributed by atoms with Crippen molar-refractivity contribution in [3.05, 3.63) is 18.0 Å². The summed E-state index contributed by atoms with van der Waals surface area (Å²) in [6.45, 7) is 4.21. The van der Waals surface area contributed by atoms with Gasteiger partial charge in [-0.25, -0.2) is 0 Å². The Labute approximate surface area is 90.1 Å². The zero-order valence-electron chi connectivity index (χ0n) is 9.31. The molecule has 2 N–H and O–H groups in total. The van der Waals surface area contributed by atoms with E-state index in [4.69, 9.17) is 9.84 Å². The third kappa shape index (κ3) is 4.42. The molecule has 0 aliphatic heterocycles. The quantitative estimate of drug-likeness (QED) is 0.669. The van der Waals surface area contributed by atoms with Gasteiger partial charge in [0.2, 0.25) is 0 Å². The van der Waals surface area contributed by atoms with Gasteiger partial charge < -0.3 is 15.2 Å². The fraction of sp³-hybridized carbons (Fsp3) is 0.700. The fourth-order valence-corrected chi connectivity index (χ4v) is 1.32. The van der Waals surface area contributed by atoms with Crippen molar-refractivity contribution in [1.82, 2.24) is 15.1 Å². The molecule has 0 saturated heterocycles. The number of aliphatic hydroxyl groups excluding tert-OH is 1. The molecule has 5 nitrogen and oxygen atoms in total. The predicted octanol–water partition coefficient (Wildman–Crippen LogP) is -0.000100. The minimum atomic E-state index is 0.120. The molecule has 15 heavy (non-hydrogen) atoms. The van der Waals surface area contributed by atoms with Gasteiger partial charge in [0.25, 0.3) is 0 Å². The van der Waals surface area contributed by atoms with Crippen molar-refractivity contribution < 1.29 is 9.84 Å². The second-order valence-electron chi connectivity index (χ2n) is 3.57. The first-order valence-corrected chi connectivity index (χ1v) is 5.10. The molecule has 1 aromatic heterocycles. The number of rotatable bonds is 7. The number of nitrogens with one attached hydrogen (secondary N) is 1. The first-order chi connectivity index (χ1) is 7.26. The van der Waals surface area contributed by atoms with Crippen molar-refractivity contribution >= 4 is 0 Å². The summed E-state index contributed by atoms with van der Waals surface area (Å²) >= 11 is 0. The smallest absolute Gasteiger partial charge is 0.0640 e. The maximum atomic E-state index is 8.72. The highest BCUT2D eigenvalue weighted by Gasteiger charge is 2.02. The second kappa shape index (κ2) is 6.55. The van der Waals surface area contributed by atoms with Crippen LogP contribution in [0.2, 0.25) is 0 Å². The molecule has 1 rings (SSSR count). The Kier molecular flexibility index (Phi) is 5.31. The molecule has 1 atom stereocenters. The monoisotopic (exact) mass is 213 g/mol. The summed E-state index contributed by atoms with van der Waals surface area (Å²) in [7, 11) is 1.69. The normalized spacial score (nSPS) is 13.0. The molecule has 0 bridgehead atoms. The maximum Gasteiger partial charge on any atom is 0.0640 e. The van der Waals surface area contributed by atoms with E-state index in [9.17, 15) is 0 Å². The van der Waals surface area contributed by atoms with Gasteiger partial charge >= 0.3 is 0 Å². The molecule has 86 valence electrons. The van der Waals surface area contributed by atoms with Crippen molar-refractivity contribution in [2.24, 2.45) is 0 Å². The zero-order valence-corrected chi connectivity index (χ0v) is 9.31. The average molecular weight is 213 g/mol. The third-order valence-electron chi connectivity index (χ3n) is 2.09. The summed E-state index contributed by atoms with van der Waals surface area (Å²) < 4.78 is 6.75. The summed E-state index contributed by atoms with van der Waals surface area (Å²) in [5.74, 6) is 0. The van der Waals surface area contributed by atoms with Crippen LogP contribution in [-0.2, 0) is 17.8 Å². The lowest BCUT2D eigenvalue weighted by molar-refractivity contribution is 0.171. The Morgan fingerprint density at radius 2 is 2.47 bits per heavy atom. The lowest BCUT2D eigenvalue weighted by atomic mass is 10.3. The van der Waals surface area contributed by atoms with Gasteiger partial charge in [0.1, 0.15) is 0 Å². The molecule has 0 amide bonds. The van der Waals surface area contributed by atoms with E-state index in [-0.39, 0.29) is 6.61 Å². The van der Waals surface area contributed by atoms with Gasteiger partial charge in [0.05, 0.1) is 26.0 Å². The molecule has 0 spiro atoms. The van der Waals surface area contributed by atoms with Crippen LogP contribution in [0.15, 0.2) is 12.4 Å². The molecule has 0 fully saturated rings. The van der Waals surface area contributed by atoms with Crippen LogP contribution in [0.4, 0.5) is 0 Å². The molecule has 0 aromatic carbocycles. The minimum absolute atomic E-state index is 0.120. The minimum Gasteiger partial charge on any atom is -0.394 e. The number of aliphatic hydroxyl groups is 1. The van der Waals surface area contributed by atoms with Crippen molar-refractivity contribution in [3.8, 4) is 0 Å². The first kappa shape index (κ1) is 12.2. The molecular weight excluding hydrogens is 194 g/mol. The topological polar surface area (TPSA) is 59.3 Å². The molecule has 0 aliphatic rings. The van der Waals surface area contributed by atoms with Crippen molar-refractivity contribution in [1.29, 1.82) is 0 Å². The van der Waals surface area contributed by atoms with Gasteiger partial charge in [-0.2, -0.15) is 5.10 Å². The first-order valence-electron chi connectivity index (χ1n) is 5.10. The number of ether oxygens (including phenoxy) is 1. The Balaban J connectivity index is 2.30. The van der Waals surface area contributed by atoms with E-state index in [1.807, 2.05) is 12.4 Å². The molecule has 1 heterocycles. The SMILES string of the molecule is COCC(C)NCc1cnn(CCO)c1. The lowest BCUT2D eigenvalue weighted by Crippen LogP contribution is -2.29. The van der Waals surface area contributed by atoms with Crippen LogP contribution in [0, 0.1) is 0 Å². The van der Waals surface area contributed by atoms with Gasteiger partial charge in [-0.1, -0.05) is 0 Å².